The molecule has 1 N–H and O–H groups in total. The molecule has 3 heteroatoms. The topological polar surface area (TPSA) is 32.3 Å². The van der Waals surface area contributed by atoms with Crippen LogP contribution in [0.5, 0.6) is 0 Å². The van der Waals surface area contributed by atoms with Crippen LogP contribution in [0.25, 0.3) is 0 Å². The summed E-state index contributed by atoms with van der Waals surface area (Å²) in [6, 6.07) is 0.156. The number of hydrogen-bond donors (Lipinski definition) is 1. The first kappa shape index (κ1) is 10.8. The van der Waals surface area contributed by atoms with Gasteiger partial charge in [0.2, 0.25) is 0 Å². The number of nitrogens with zero attached hydrogens (tertiary/aromatic N) is 1. The lowest BCUT2D eigenvalue weighted by atomic mass is 9.79. The fraction of sp³-hybridized carbons (Fsp3) is 0.917. The summed E-state index contributed by atoms with van der Waals surface area (Å²) in [5.41, 5.74) is 0.0950. The molecule has 2 fully saturated rings. The van der Waals surface area contributed by atoms with Gasteiger partial charge in [-0.3, -0.25) is 0 Å². The van der Waals surface area contributed by atoms with Gasteiger partial charge < -0.3 is 10.2 Å². The summed E-state index contributed by atoms with van der Waals surface area (Å²) < 4.78 is 0. The number of nitrogens with one attached hydrogen (secondary N) is 1. The Morgan fingerprint density at radius 2 is 2.13 bits per heavy atom. The van der Waals surface area contributed by atoms with Gasteiger partial charge in [-0.2, -0.15) is 0 Å². The van der Waals surface area contributed by atoms with E-state index in [-0.39, 0.29) is 11.6 Å². The van der Waals surface area contributed by atoms with E-state index in [4.69, 9.17) is 0 Å². The third kappa shape index (κ3) is 2.44. The molecule has 1 atom stereocenters. The lowest BCUT2D eigenvalue weighted by Gasteiger charge is -2.41. The molecule has 1 saturated heterocycles. The standard InChI is InChI=1S/C12H22N2O/c1-10-5-3-8-14(9-10)11(15)13-12(2)6-4-7-12/h10H,3-9H2,1-2H3,(H,13,15). The minimum absolute atomic E-state index is 0.0950. The van der Waals surface area contributed by atoms with Crippen LogP contribution in [0.4, 0.5) is 4.79 Å². The molecule has 1 unspecified atom stereocenters. The molecule has 86 valence electrons. The summed E-state index contributed by atoms with van der Waals surface area (Å²) in [6.07, 6.45) is 5.96. The molecule has 0 radical (unpaired) electrons. The number of likely N-dealkylation sites (tertiary alicyclic amines) is 1. The van der Waals surface area contributed by atoms with Gasteiger partial charge in [-0.15, -0.1) is 0 Å². The first-order valence-electron chi connectivity index (χ1n) is 6.16. The summed E-state index contributed by atoms with van der Waals surface area (Å²) in [6.45, 7) is 6.25. The summed E-state index contributed by atoms with van der Waals surface area (Å²) in [5.74, 6) is 0.665. The molecule has 0 aromatic heterocycles. The maximum absolute atomic E-state index is 12.0. The molecule has 2 aliphatic rings. The van der Waals surface area contributed by atoms with Crippen molar-refractivity contribution in [1.82, 2.24) is 10.2 Å². The van der Waals surface area contributed by atoms with Gasteiger partial charge in [-0.25, -0.2) is 4.79 Å². The molecular formula is C12H22N2O. The highest BCUT2D eigenvalue weighted by atomic mass is 16.2. The van der Waals surface area contributed by atoms with Gasteiger partial charge in [-0.1, -0.05) is 6.92 Å². The maximum Gasteiger partial charge on any atom is 0.317 e. The zero-order valence-corrected chi connectivity index (χ0v) is 9.88. The molecule has 1 saturated carbocycles. The van der Waals surface area contributed by atoms with Gasteiger partial charge in [-0.05, 0) is 44.9 Å². The molecule has 1 aliphatic carbocycles. The Morgan fingerprint density at radius 1 is 1.40 bits per heavy atom. The second-order valence-electron chi connectivity index (χ2n) is 5.54. The summed E-state index contributed by atoms with van der Waals surface area (Å²) in [4.78, 5) is 14.0. The van der Waals surface area contributed by atoms with Crippen LogP contribution < -0.4 is 5.32 Å². The zero-order chi connectivity index (χ0) is 10.9. The molecular weight excluding hydrogens is 188 g/mol. The highest BCUT2D eigenvalue weighted by Crippen LogP contribution is 2.31. The number of amides is 2. The molecule has 0 spiro atoms. The van der Waals surface area contributed by atoms with Crippen molar-refractivity contribution in [2.45, 2.75) is 51.5 Å². The van der Waals surface area contributed by atoms with Gasteiger partial charge >= 0.3 is 6.03 Å². The van der Waals surface area contributed by atoms with Gasteiger partial charge in [0, 0.05) is 18.6 Å². The van der Waals surface area contributed by atoms with E-state index in [1.165, 1.54) is 12.8 Å². The van der Waals surface area contributed by atoms with Crippen LogP contribution in [0.1, 0.15) is 46.0 Å². The molecule has 1 aliphatic heterocycles. The molecule has 2 amide bonds. The Bertz CT molecular complexity index is 248. The van der Waals surface area contributed by atoms with Crippen molar-refractivity contribution < 1.29 is 4.79 Å². The molecule has 0 bridgehead atoms. The zero-order valence-electron chi connectivity index (χ0n) is 9.88. The smallest absolute Gasteiger partial charge is 0.317 e. The SMILES string of the molecule is CC1CCCN(C(=O)NC2(C)CCC2)C1. The lowest BCUT2D eigenvalue weighted by molar-refractivity contribution is 0.141. The number of rotatable bonds is 1. The predicted molar refractivity (Wildman–Crippen MR) is 60.8 cm³/mol. The Labute approximate surface area is 92.2 Å². The maximum atomic E-state index is 12.0. The Morgan fingerprint density at radius 3 is 2.67 bits per heavy atom. The van der Waals surface area contributed by atoms with Crippen molar-refractivity contribution in [3.8, 4) is 0 Å². The van der Waals surface area contributed by atoms with Crippen molar-refractivity contribution in [2.24, 2.45) is 5.92 Å². The highest BCUT2D eigenvalue weighted by molar-refractivity contribution is 5.75. The van der Waals surface area contributed by atoms with Crippen LogP contribution in [-0.4, -0.2) is 29.6 Å². The summed E-state index contributed by atoms with van der Waals surface area (Å²) in [5, 5.41) is 3.17. The molecule has 0 aromatic rings. The van der Waals surface area contributed by atoms with Crippen molar-refractivity contribution in [2.75, 3.05) is 13.1 Å². The fourth-order valence-electron chi connectivity index (χ4n) is 2.54. The van der Waals surface area contributed by atoms with E-state index in [0.29, 0.717) is 5.92 Å². The van der Waals surface area contributed by atoms with Gasteiger partial charge in [0.25, 0.3) is 0 Å². The van der Waals surface area contributed by atoms with Crippen LogP contribution in [0, 0.1) is 5.92 Å². The lowest BCUT2D eigenvalue weighted by Crippen LogP contribution is -2.56. The first-order chi connectivity index (χ1) is 7.09. The molecule has 2 rings (SSSR count). The van der Waals surface area contributed by atoms with E-state index in [2.05, 4.69) is 19.2 Å². The Balaban J connectivity index is 1.84. The van der Waals surface area contributed by atoms with Gasteiger partial charge in [0.15, 0.2) is 0 Å². The van der Waals surface area contributed by atoms with Crippen LogP contribution in [0.2, 0.25) is 0 Å². The number of piperidine rings is 1. The highest BCUT2D eigenvalue weighted by Gasteiger charge is 2.34. The normalized spacial score (nSPS) is 29.5. The summed E-state index contributed by atoms with van der Waals surface area (Å²) >= 11 is 0. The van der Waals surface area contributed by atoms with Gasteiger partial charge in [0.05, 0.1) is 0 Å². The van der Waals surface area contributed by atoms with Crippen molar-refractivity contribution >= 4 is 6.03 Å². The minimum Gasteiger partial charge on any atom is -0.333 e. The van der Waals surface area contributed by atoms with Crippen molar-refractivity contribution in [3.05, 3.63) is 0 Å². The van der Waals surface area contributed by atoms with E-state index in [1.54, 1.807) is 0 Å². The molecule has 3 nitrogen and oxygen atoms in total. The molecule has 1 heterocycles. The fourth-order valence-corrected chi connectivity index (χ4v) is 2.54. The van der Waals surface area contributed by atoms with Crippen LogP contribution in [0.3, 0.4) is 0 Å². The number of hydrogen-bond acceptors (Lipinski definition) is 1. The van der Waals surface area contributed by atoms with E-state index in [9.17, 15) is 4.79 Å². The predicted octanol–water partition coefficient (Wildman–Crippen LogP) is 2.37. The monoisotopic (exact) mass is 210 g/mol. The Kier molecular flexibility index (Phi) is 2.89. The van der Waals surface area contributed by atoms with Crippen LogP contribution in [-0.2, 0) is 0 Å². The van der Waals surface area contributed by atoms with E-state index in [0.717, 1.165) is 32.4 Å². The van der Waals surface area contributed by atoms with Crippen molar-refractivity contribution in [3.63, 3.8) is 0 Å². The second-order valence-corrected chi connectivity index (χ2v) is 5.54. The third-order valence-electron chi connectivity index (χ3n) is 3.81. The molecule has 15 heavy (non-hydrogen) atoms. The summed E-state index contributed by atoms with van der Waals surface area (Å²) in [7, 11) is 0. The average molecular weight is 210 g/mol. The quantitative estimate of drug-likeness (QED) is 0.708. The third-order valence-corrected chi connectivity index (χ3v) is 3.81. The van der Waals surface area contributed by atoms with E-state index in [1.807, 2.05) is 4.90 Å². The minimum atomic E-state index is 0.0950. The van der Waals surface area contributed by atoms with Crippen molar-refractivity contribution in [1.29, 1.82) is 0 Å². The Hall–Kier alpha value is -0.730. The largest absolute Gasteiger partial charge is 0.333 e. The second kappa shape index (κ2) is 4.03. The first-order valence-corrected chi connectivity index (χ1v) is 6.16. The van der Waals surface area contributed by atoms with Gasteiger partial charge in [0.1, 0.15) is 0 Å². The van der Waals surface area contributed by atoms with Crippen LogP contribution in [0.15, 0.2) is 0 Å². The van der Waals surface area contributed by atoms with E-state index >= 15 is 0 Å². The number of carbonyl (C=O) groups is 1. The average Bonchev–Trinajstić information content (AvgIpc) is 2.15. The number of urea groups is 1. The molecule has 0 aromatic carbocycles. The van der Waals surface area contributed by atoms with Crippen LogP contribution >= 0.6 is 0 Å². The van der Waals surface area contributed by atoms with E-state index < -0.39 is 0 Å². The number of carbonyl (C=O) groups excluding carboxylic acids is 1.